The van der Waals surface area contributed by atoms with Crippen molar-refractivity contribution in [3.05, 3.63) is 45.0 Å². The van der Waals surface area contributed by atoms with E-state index in [-0.39, 0.29) is 11.5 Å². The second-order valence-corrected chi connectivity index (χ2v) is 8.43. The van der Waals surface area contributed by atoms with Crippen molar-refractivity contribution in [2.45, 2.75) is 24.7 Å². The Morgan fingerprint density at radius 2 is 2.04 bits per heavy atom. The van der Waals surface area contributed by atoms with Crippen molar-refractivity contribution in [2.75, 3.05) is 11.6 Å². The zero-order chi connectivity index (χ0) is 18.1. The van der Waals surface area contributed by atoms with Crippen LogP contribution in [-0.2, 0) is 9.84 Å². The fourth-order valence-corrected chi connectivity index (χ4v) is 3.54. The Morgan fingerprint density at radius 1 is 1.38 bits per heavy atom. The number of nitro groups is 1. The van der Waals surface area contributed by atoms with Crippen molar-refractivity contribution in [2.24, 2.45) is 0 Å². The summed E-state index contributed by atoms with van der Waals surface area (Å²) in [6.45, 7) is 3.98. The molecule has 2 aromatic rings. The Kier molecular flexibility index (Phi) is 4.99. The monoisotopic (exact) mass is 369 g/mol. The lowest BCUT2D eigenvalue weighted by atomic mass is 10.2. The highest BCUT2D eigenvalue weighted by Crippen LogP contribution is 2.27. The first-order valence-corrected chi connectivity index (χ1v) is 9.56. The lowest BCUT2D eigenvalue weighted by molar-refractivity contribution is -0.387. The van der Waals surface area contributed by atoms with Gasteiger partial charge in [0.1, 0.15) is 4.90 Å². The fraction of sp³-hybridized carbons (Fsp3) is 0.286. The molecule has 0 radical (unpaired) electrons. The number of nitrogens with zero attached hydrogens (tertiary/aromatic N) is 2. The van der Waals surface area contributed by atoms with E-state index in [1.807, 2.05) is 13.8 Å². The summed E-state index contributed by atoms with van der Waals surface area (Å²) in [7, 11) is -3.77. The van der Waals surface area contributed by atoms with Crippen LogP contribution in [0, 0.1) is 10.1 Å². The lowest BCUT2D eigenvalue weighted by Gasteiger charge is -2.05. The predicted octanol–water partition coefficient (Wildman–Crippen LogP) is 2.83. The van der Waals surface area contributed by atoms with Gasteiger partial charge in [0.25, 0.3) is 11.6 Å². The van der Waals surface area contributed by atoms with Crippen molar-refractivity contribution in [1.29, 1.82) is 0 Å². The molecule has 1 aromatic heterocycles. The van der Waals surface area contributed by atoms with Crippen molar-refractivity contribution in [3.8, 4) is 0 Å². The minimum absolute atomic E-state index is 0.0182. The Labute approximate surface area is 142 Å². The van der Waals surface area contributed by atoms with Gasteiger partial charge in [-0.25, -0.2) is 13.4 Å². The zero-order valence-corrected chi connectivity index (χ0v) is 14.8. The van der Waals surface area contributed by atoms with Gasteiger partial charge in [-0.1, -0.05) is 13.8 Å². The highest BCUT2D eigenvalue weighted by atomic mass is 32.2. The molecular weight excluding hydrogens is 354 g/mol. The van der Waals surface area contributed by atoms with Gasteiger partial charge in [0.2, 0.25) is 0 Å². The van der Waals surface area contributed by atoms with Gasteiger partial charge in [0, 0.05) is 29.0 Å². The molecule has 2 rings (SSSR count). The summed E-state index contributed by atoms with van der Waals surface area (Å²) in [5, 5.41) is 14.0. The SMILES string of the molecule is CC(C)c1cnc(NC(=O)c2ccc(S(C)(=O)=O)c([N+](=O)[O-])c2)s1. The van der Waals surface area contributed by atoms with Gasteiger partial charge < -0.3 is 0 Å². The lowest BCUT2D eigenvalue weighted by Crippen LogP contribution is -2.13. The molecule has 0 aliphatic heterocycles. The number of aromatic nitrogens is 1. The van der Waals surface area contributed by atoms with Gasteiger partial charge in [0.05, 0.1) is 4.92 Å². The maximum atomic E-state index is 12.2. The van der Waals surface area contributed by atoms with Crippen LogP contribution < -0.4 is 5.32 Å². The molecule has 1 amide bonds. The minimum Gasteiger partial charge on any atom is -0.298 e. The molecule has 0 unspecified atom stereocenters. The molecule has 0 saturated carbocycles. The second-order valence-electron chi connectivity index (χ2n) is 5.39. The van der Waals surface area contributed by atoms with Crippen molar-refractivity contribution >= 4 is 37.9 Å². The molecule has 0 aliphatic carbocycles. The van der Waals surface area contributed by atoms with E-state index < -0.39 is 31.3 Å². The molecule has 8 nitrogen and oxygen atoms in total. The Hall–Kier alpha value is -2.33. The molecule has 24 heavy (non-hydrogen) atoms. The standard InChI is InChI=1S/C14H15N3O5S2/c1-8(2)11-7-15-14(23-11)16-13(18)9-4-5-12(24(3,21)22)10(6-9)17(19)20/h4-8H,1-3H3,(H,15,16,18). The van der Waals surface area contributed by atoms with Crippen LogP contribution in [0.3, 0.4) is 0 Å². The number of hydrogen-bond acceptors (Lipinski definition) is 7. The Balaban J connectivity index is 2.32. The number of anilines is 1. The average molecular weight is 369 g/mol. The first-order valence-electron chi connectivity index (χ1n) is 6.85. The highest BCUT2D eigenvalue weighted by molar-refractivity contribution is 7.90. The molecule has 0 aliphatic rings. The number of sulfone groups is 1. The zero-order valence-electron chi connectivity index (χ0n) is 13.1. The molecule has 10 heteroatoms. The highest BCUT2D eigenvalue weighted by Gasteiger charge is 2.24. The van der Waals surface area contributed by atoms with E-state index in [1.54, 1.807) is 6.20 Å². The second kappa shape index (κ2) is 6.65. The largest absolute Gasteiger partial charge is 0.298 e. The summed E-state index contributed by atoms with van der Waals surface area (Å²) >= 11 is 1.31. The van der Waals surface area contributed by atoms with E-state index in [1.165, 1.54) is 17.4 Å². The first-order chi connectivity index (χ1) is 11.1. The molecule has 128 valence electrons. The van der Waals surface area contributed by atoms with E-state index >= 15 is 0 Å². The van der Waals surface area contributed by atoms with Crippen molar-refractivity contribution in [1.82, 2.24) is 4.98 Å². The van der Waals surface area contributed by atoms with Gasteiger partial charge in [0.15, 0.2) is 15.0 Å². The molecule has 0 saturated heterocycles. The number of hydrogen-bond donors (Lipinski definition) is 1. The van der Waals surface area contributed by atoms with Crippen molar-refractivity contribution in [3.63, 3.8) is 0 Å². The topological polar surface area (TPSA) is 119 Å². The quantitative estimate of drug-likeness (QED) is 0.639. The van der Waals surface area contributed by atoms with Crippen LogP contribution in [-0.4, -0.2) is 30.5 Å². The molecule has 0 atom stereocenters. The minimum atomic E-state index is -3.77. The number of nitrogens with one attached hydrogen (secondary N) is 1. The van der Waals surface area contributed by atoms with E-state index in [0.717, 1.165) is 23.3 Å². The maximum absolute atomic E-state index is 12.2. The number of carbonyl (C=O) groups excluding carboxylic acids is 1. The average Bonchev–Trinajstić information content (AvgIpc) is 2.94. The van der Waals surface area contributed by atoms with Gasteiger partial charge in [-0.05, 0) is 18.1 Å². The van der Waals surface area contributed by atoms with Crippen molar-refractivity contribution < 1.29 is 18.1 Å². The normalized spacial score (nSPS) is 11.5. The summed E-state index contributed by atoms with van der Waals surface area (Å²) in [6, 6.07) is 3.24. The predicted molar refractivity (Wildman–Crippen MR) is 90.4 cm³/mol. The van der Waals surface area contributed by atoms with Gasteiger partial charge in [-0.3, -0.25) is 20.2 Å². The van der Waals surface area contributed by atoms with E-state index in [9.17, 15) is 23.3 Å². The van der Waals surface area contributed by atoms with Crippen LogP contribution in [0.4, 0.5) is 10.8 Å². The number of benzene rings is 1. The Bertz CT molecular complexity index is 903. The summed E-state index contributed by atoms with van der Waals surface area (Å²) in [5.74, 6) is -0.328. The molecule has 0 bridgehead atoms. The molecule has 1 N–H and O–H groups in total. The first kappa shape index (κ1) is 18.0. The maximum Gasteiger partial charge on any atom is 0.288 e. The van der Waals surface area contributed by atoms with Crippen LogP contribution in [0.5, 0.6) is 0 Å². The number of rotatable bonds is 5. The van der Waals surface area contributed by atoms with Crippen LogP contribution in [0.2, 0.25) is 0 Å². The van der Waals surface area contributed by atoms with E-state index in [4.69, 9.17) is 0 Å². The third kappa shape index (κ3) is 3.95. The van der Waals surface area contributed by atoms with Crippen LogP contribution in [0.15, 0.2) is 29.3 Å². The summed E-state index contributed by atoms with van der Waals surface area (Å²) in [5.41, 5.74) is -0.650. The van der Waals surface area contributed by atoms with Crippen LogP contribution in [0.25, 0.3) is 0 Å². The summed E-state index contributed by atoms with van der Waals surface area (Å²) < 4.78 is 23.2. The third-order valence-corrected chi connectivity index (χ3v) is 5.49. The van der Waals surface area contributed by atoms with E-state index in [2.05, 4.69) is 10.3 Å². The van der Waals surface area contributed by atoms with Crippen LogP contribution >= 0.6 is 11.3 Å². The van der Waals surface area contributed by atoms with Crippen LogP contribution in [0.1, 0.15) is 35.0 Å². The number of thiazole rings is 1. The Morgan fingerprint density at radius 3 is 2.54 bits per heavy atom. The molecule has 1 aromatic carbocycles. The van der Waals surface area contributed by atoms with E-state index in [0.29, 0.717) is 5.13 Å². The number of amides is 1. The molecular formula is C14H15N3O5S2. The summed E-state index contributed by atoms with van der Waals surface area (Å²) in [6.07, 6.45) is 2.53. The van der Waals surface area contributed by atoms with Gasteiger partial charge >= 0.3 is 0 Å². The molecule has 1 heterocycles. The molecule has 0 spiro atoms. The molecule has 0 fully saturated rings. The number of nitro benzene ring substituents is 1. The van der Waals surface area contributed by atoms with Gasteiger partial charge in [-0.15, -0.1) is 11.3 Å². The summed E-state index contributed by atoms with van der Waals surface area (Å²) in [4.78, 5) is 27.1. The third-order valence-electron chi connectivity index (χ3n) is 3.13. The number of carbonyl (C=O) groups is 1. The van der Waals surface area contributed by atoms with Gasteiger partial charge in [-0.2, -0.15) is 0 Å². The fourth-order valence-electron chi connectivity index (χ4n) is 1.90. The smallest absolute Gasteiger partial charge is 0.288 e.